The van der Waals surface area contributed by atoms with Gasteiger partial charge in [-0.1, -0.05) is 6.58 Å². The first kappa shape index (κ1) is 11.2. The second-order valence-electron chi connectivity index (χ2n) is 2.32. The van der Waals surface area contributed by atoms with E-state index < -0.39 is 12.0 Å². The van der Waals surface area contributed by atoms with Gasteiger partial charge in [-0.2, -0.15) is 0 Å². The molecule has 0 aromatic heterocycles. The van der Waals surface area contributed by atoms with Crippen molar-refractivity contribution in [1.29, 1.82) is 0 Å². The Morgan fingerprint density at radius 1 is 1.54 bits per heavy atom. The van der Waals surface area contributed by atoms with E-state index in [4.69, 9.17) is 5.11 Å². The largest absolute Gasteiger partial charge is 0.478 e. The number of nitrogens with one attached hydrogen (secondary N) is 2. The van der Waals surface area contributed by atoms with Gasteiger partial charge in [0, 0.05) is 5.57 Å². The van der Waals surface area contributed by atoms with E-state index in [1.54, 1.807) is 0 Å². The second-order valence-corrected chi connectivity index (χ2v) is 2.32. The van der Waals surface area contributed by atoms with Crippen molar-refractivity contribution in [3.63, 3.8) is 0 Å². The fourth-order valence-corrected chi connectivity index (χ4v) is 0.376. The average molecular weight is 186 g/mol. The molecule has 1 aliphatic heterocycles. The van der Waals surface area contributed by atoms with E-state index in [1.807, 2.05) is 5.32 Å². The minimum Gasteiger partial charge on any atom is -0.478 e. The molecule has 0 radical (unpaired) electrons. The van der Waals surface area contributed by atoms with E-state index in [0.29, 0.717) is 0 Å². The van der Waals surface area contributed by atoms with E-state index in [9.17, 15) is 14.4 Å². The summed E-state index contributed by atoms with van der Waals surface area (Å²) in [5.74, 6) is -1.19. The molecular weight excluding hydrogens is 176 g/mol. The Morgan fingerprint density at radius 3 is 2.08 bits per heavy atom. The summed E-state index contributed by atoms with van der Waals surface area (Å²) in [6.45, 7) is 4.73. The van der Waals surface area contributed by atoms with Gasteiger partial charge in [0.1, 0.15) is 0 Å². The van der Waals surface area contributed by atoms with Gasteiger partial charge in [0.05, 0.1) is 6.54 Å². The molecule has 1 heterocycles. The fraction of sp³-hybridized carbons (Fsp3) is 0.286. The molecule has 72 valence electrons. The zero-order valence-electron chi connectivity index (χ0n) is 7.09. The van der Waals surface area contributed by atoms with Gasteiger partial charge in [-0.15, -0.1) is 0 Å². The van der Waals surface area contributed by atoms with E-state index in [0.717, 1.165) is 0 Å². The topological polar surface area (TPSA) is 95.5 Å². The summed E-state index contributed by atoms with van der Waals surface area (Å²) in [5, 5.41) is 12.2. The Labute approximate surface area is 74.6 Å². The number of urea groups is 1. The summed E-state index contributed by atoms with van der Waals surface area (Å²) in [5.41, 5.74) is 0.176. The number of hydrogen-bond acceptors (Lipinski definition) is 3. The molecule has 0 saturated carbocycles. The Kier molecular flexibility index (Phi) is 4.21. The normalized spacial score (nSPS) is 13.6. The minimum atomic E-state index is -0.935. The van der Waals surface area contributed by atoms with Crippen LogP contribution in [0.2, 0.25) is 0 Å². The Morgan fingerprint density at radius 2 is 2.00 bits per heavy atom. The summed E-state index contributed by atoms with van der Waals surface area (Å²) in [7, 11) is 0. The molecule has 1 rings (SSSR count). The van der Waals surface area contributed by atoms with Crippen LogP contribution < -0.4 is 10.6 Å². The molecule has 6 heteroatoms. The summed E-state index contributed by atoms with van der Waals surface area (Å²) in [6, 6.07) is -0.398. The van der Waals surface area contributed by atoms with Crippen LogP contribution in [-0.2, 0) is 9.59 Å². The van der Waals surface area contributed by atoms with Crippen molar-refractivity contribution in [3.8, 4) is 0 Å². The van der Waals surface area contributed by atoms with Crippen molar-refractivity contribution >= 4 is 17.9 Å². The second kappa shape index (κ2) is 4.91. The quantitative estimate of drug-likeness (QED) is 0.379. The lowest BCUT2D eigenvalue weighted by atomic mass is 10.4. The summed E-state index contributed by atoms with van der Waals surface area (Å²) in [4.78, 5) is 29.7. The molecule has 6 nitrogen and oxygen atoms in total. The lowest BCUT2D eigenvalue weighted by Crippen LogP contribution is -2.22. The highest BCUT2D eigenvalue weighted by Gasteiger charge is 2.14. The van der Waals surface area contributed by atoms with Gasteiger partial charge < -0.3 is 10.4 Å². The first-order chi connectivity index (χ1) is 5.93. The molecule has 13 heavy (non-hydrogen) atoms. The van der Waals surface area contributed by atoms with Gasteiger partial charge in [0.15, 0.2) is 0 Å². The lowest BCUT2D eigenvalue weighted by Gasteiger charge is -1.79. The number of aliphatic carboxylic acids is 1. The van der Waals surface area contributed by atoms with Gasteiger partial charge in [0.2, 0.25) is 5.91 Å². The molecule has 0 atom stereocenters. The summed E-state index contributed by atoms with van der Waals surface area (Å²) >= 11 is 0. The average Bonchev–Trinajstić information content (AvgIpc) is 2.35. The Bertz CT molecular complexity index is 233. The van der Waals surface area contributed by atoms with Crippen molar-refractivity contribution in [3.05, 3.63) is 12.2 Å². The maximum absolute atomic E-state index is 10.1. The molecule has 0 aromatic rings. The van der Waals surface area contributed by atoms with Crippen molar-refractivity contribution in [2.24, 2.45) is 0 Å². The molecule has 0 spiro atoms. The highest BCUT2D eigenvalue weighted by molar-refractivity contribution is 6.01. The van der Waals surface area contributed by atoms with Crippen LogP contribution in [0.5, 0.6) is 0 Å². The van der Waals surface area contributed by atoms with Crippen LogP contribution in [-0.4, -0.2) is 29.6 Å². The smallest absolute Gasteiger partial charge is 0.330 e. The van der Waals surface area contributed by atoms with Gasteiger partial charge in [-0.05, 0) is 6.92 Å². The molecule has 3 amide bonds. The third-order valence-electron chi connectivity index (χ3n) is 1.03. The number of amides is 3. The molecule has 1 saturated heterocycles. The van der Waals surface area contributed by atoms with E-state index in [2.05, 4.69) is 11.9 Å². The van der Waals surface area contributed by atoms with Crippen LogP contribution in [0.1, 0.15) is 6.92 Å². The van der Waals surface area contributed by atoms with Crippen molar-refractivity contribution in [2.75, 3.05) is 6.54 Å². The first-order valence-corrected chi connectivity index (χ1v) is 3.40. The van der Waals surface area contributed by atoms with Crippen LogP contribution in [0.4, 0.5) is 4.79 Å². The molecule has 0 aromatic carbocycles. The van der Waals surface area contributed by atoms with Crippen LogP contribution >= 0.6 is 0 Å². The number of carbonyl (C=O) groups excluding carboxylic acids is 2. The van der Waals surface area contributed by atoms with Crippen LogP contribution in [0.15, 0.2) is 12.2 Å². The predicted molar refractivity (Wildman–Crippen MR) is 44.0 cm³/mol. The van der Waals surface area contributed by atoms with E-state index >= 15 is 0 Å². The predicted octanol–water partition coefficient (Wildman–Crippen LogP) is -0.527. The van der Waals surface area contributed by atoms with Crippen molar-refractivity contribution in [1.82, 2.24) is 10.6 Å². The molecular formula is C7H10N2O4. The van der Waals surface area contributed by atoms with E-state index in [1.165, 1.54) is 6.92 Å². The monoisotopic (exact) mass is 186 g/mol. The lowest BCUT2D eigenvalue weighted by molar-refractivity contribution is -0.132. The van der Waals surface area contributed by atoms with Gasteiger partial charge in [-0.3, -0.25) is 10.1 Å². The number of carboxylic acid groups (broad SMARTS) is 1. The number of rotatable bonds is 1. The number of imide groups is 1. The summed E-state index contributed by atoms with van der Waals surface area (Å²) < 4.78 is 0. The van der Waals surface area contributed by atoms with Crippen LogP contribution in [0.25, 0.3) is 0 Å². The Hall–Kier alpha value is -1.85. The van der Waals surface area contributed by atoms with Crippen LogP contribution in [0.3, 0.4) is 0 Å². The van der Waals surface area contributed by atoms with Gasteiger partial charge in [-0.25, -0.2) is 9.59 Å². The number of carbonyl (C=O) groups is 3. The number of carboxylic acids is 1. The molecule has 0 unspecified atom stereocenters. The zero-order chi connectivity index (χ0) is 10.4. The highest BCUT2D eigenvalue weighted by Crippen LogP contribution is 1.81. The van der Waals surface area contributed by atoms with Crippen molar-refractivity contribution in [2.45, 2.75) is 6.92 Å². The zero-order valence-corrected chi connectivity index (χ0v) is 7.09. The number of hydrogen-bond donors (Lipinski definition) is 3. The first-order valence-electron chi connectivity index (χ1n) is 3.40. The standard InChI is InChI=1S/C4H6O2.C3H4N2O2/c1-3(2)4(5)6;6-2-1-4-3(7)5-2/h1H2,2H3,(H,5,6);1H2,(H2,4,5,6,7). The molecule has 1 aliphatic rings. The molecule has 0 aliphatic carbocycles. The Balaban J connectivity index is 0.000000226. The maximum Gasteiger partial charge on any atom is 0.330 e. The van der Waals surface area contributed by atoms with Gasteiger partial charge in [0.25, 0.3) is 0 Å². The molecule has 3 N–H and O–H groups in total. The maximum atomic E-state index is 10.1. The fourth-order valence-electron chi connectivity index (χ4n) is 0.376. The van der Waals surface area contributed by atoms with Crippen molar-refractivity contribution < 1.29 is 19.5 Å². The minimum absolute atomic E-state index is 0.124. The van der Waals surface area contributed by atoms with E-state index in [-0.39, 0.29) is 18.0 Å². The molecule has 1 fully saturated rings. The third-order valence-corrected chi connectivity index (χ3v) is 1.03. The molecule has 0 bridgehead atoms. The summed E-state index contributed by atoms with van der Waals surface area (Å²) in [6.07, 6.45) is 0. The SMILES string of the molecule is C=C(C)C(=O)O.O=C1CNC(=O)N1. The highest BCUT2D eigenvalue weighted by atomic mass is 16.4. The van der Waals surface area contributed by atoms with Gasteiger partial charge >= 0.3 is 12.0 Å². The van der Waals surface area contributed by atoms with Crippen LogP contribution in [0, 0.1) is 0 Å². The third kappa shape index (κ3) is 5.42.